The summed E-state index contributed by atoms with van der Waals surface area (Å²) in [6, 6.07) is 2.24. The van der Waals surface area contributed by atoms with E-state index in [1.54, 1.807) is 0 Å². The molecule has 0 radical (unpaired) electrons. The van der Waals surface area contributed by atoms with E-state index in [2.05, 4.69) is 53.9 Å². The van der Waals surface area contributed by atoms with Crippen LogP contribution in [0.15, 0.2) is 14.3 Å². The normalized spacial score (nSPS) is 20.2. The number of rotatable bonds is 3. The Morgan fingerprint density at radius 2 is 1.82 bits per heavy atom. The van der Waals surface area contributed by atoms with Gasteiger partial charge in [-0.3, -0.25) is 0 Å². The third kappa shape index (κ3) is 4.32. The summed E-state index contributed by atoms with van der Waals surface area (Å²) < 4.78 is 2.39. The molecule has 0 saturated heterocycles. The zero-order chi connectivity index (χ0) is 12.3. The van der Waals surface area contributed by atoms with Crippen molar-refractivity contribution < 1.29 is 0 Å². The summed E-state index contributed by atoms with van der Waals surface area (Å²) >= 11 is 12.8. The number of thiophene rings is 1. The monoisotopic (exact) mass is 442 g/mol. The van der Waals surface area contributed by atoms with E-state index in [4.69, 9.17) is 0 Å². The van der Waals surface area contributed by atoms with E-state index in [1.165, 1.54) is 58.1 Å². The fourth-order valence-corrected chi connectivity index (χ4v) is 5.55. The Morgan fingerprint density at radius 3 is 2.35 bits per heavy atom. The summed E-state index contributed by atoms with van der Waals surface area (Å²) in [5.74, 6) is 0.918. The van der Waals surface area contributed by atoms with Crippen molar-refractivity contribution in [2.45, 2.75) is 49.8 Å². The number of halogens is 3. The van der Waals surface area contributed by atoms with Crippen LogP contribution in [0.2, 0.25) is 0 Å². The molecule has 1 fully saturated rings. The van der Waals surface area contributed by atoms with Gasteiger partial charge in [-0.15, -0.1) is 11.3 Å². The second kappa shape index (κ2) is 7.06. The van der Waals surface area contributed by atoms with E-state index in [9.17, 15) is 0 Å². The van der Waals surface area contributed by atoms with Crippen molar-refractivity contribution >= 4 is 59.1 Å². The molecule has 0 nitrogen and oxygen atoms in total. The Labute approximate surface area is 133 Å². The van der Waals surface area contributed by atoms with Crippen molar-refractivity contribution in [3.8, 4) is 0 Å². The molecule has 0 spiro atoms. The Morgan fingerprint density at radius 1 is 1.18 bits per heavy atom. The average Bonchev–Trinajstić information content (AvgIpc) is 2.54. The zero-order valence-electron chi connectivity index (χ0n) is 9.72. The maximum absolute atomic E-state index is 3.86. The maximum atomic E-state index is 3.86. The van der Waals surface area contributed by atoms with Gasteiger partial charge in [0.05, 0.1) is 3.79 Å². The predicted octanol–water partition coefficient (Wildman–Crippen LogP) is 7.07. The summed E-state index contributed by atoms with van der Waals surface area (Å²) in [6.45, 7) is 0. The van der Waals surface area contributed by atoms with Crippen molar-refractivity contribution in [1.29, 1.82) is 0 Å². The Hall–Kier alpha value is 1.14. The Balaban J connectivity index is 1.93. The highest BCUT2D eigenvalue weighted by Gasteiger charge is 2.19. The molecule has 1 aliphatic carbocycles. The van der Waals surface area contributed by atoms with Gasteiger partial charge < -0.3 is 0 Å². The van der Waals surface area contributed by atoms with E-state index in [0.717, 1.165) is 5.92 Å². The molecular formula is C13H17Br3S. The van der Waals surface area contributed by atoms with Crippen molar-refractivity contribution in [3.05, 3.63) is 19.2 Å². The molecule has 1 aromatic heterocycles. The summed E-state index contributed by atoms with van der Waals surface area (Å²) in [6.07, 6.45) is 9.90. The topological polar surface area (TPSA) is 0 Å². The van der Waals surface area contributed by atoms with Crippen LogP contribution < -0.4 is 0 Å². The Bertz CT molecular complexity index is 334. The fourth-order valence-electron chi connectivity index (χ4n) is 2.53. The van der Waals surface area contributed by atoms with Gasteiger partial charge >= 0.3 is 0 Å². The Kier molecular flexibility index (Phi) is 6.05. The second-order valence-corrected chi connectivity index (χ2v) is 9.19. The van der Waals surface area contributed by atoms with E-state index >= 15 is 0 Å². The minimum Gasteiger partial charge on any atom is -0.131 e. The van der Waals surface area contributed by atoms with Crippen molar-refractivity contribution in [2.24, 2.45) is 5.92 Å². The summed E-state index contributed by atoms with van der Waals surface area (Å²) in [4.78, 5) is 1.96. The lowest BCUT2D eigenvalue weighted by molar-refractivity contribution is 0.428. The van der Waals surface area contributed by atoms with E-state index in [0.29, 0.717) is 4.83 Å². The highest BCUT2D eigenvalue weighted by molar-refractivity contribution is 9.13. The molecule has 1 unspecified atom stereocenters. The van der Waals surface area contributed by atoms with Gasteiger partial charge in [-0.2, -0.15) is 0 Å². The van der Waals surface area contributed by atoms with Crippen LogP contribution in [0.4, 0.5) is 0 Å². The highest BCUT2D eigenvalue weighted by atomic mass is 79.9. The van der Waals surface area contributed by atoms with Gasteiger partial charge in [-0.25, -0.2) is 0 Å². The number of hydrogen-bond donors (Lipinski definition) is 0. The lowest BCUT2D eigenvalue weighted by Gasteiger charge is -2.17. The number of alkyl halides is 1. The molecule has 1 heterocycles. The quantitative estimate of drug-likeness (QED) is 0.345. The minimum atomic E-state index is 0.526. The van der Waals surface area contributed by atoms with Gasteiger partial charge in [0.2, 0.25) is 0 Å². The van der Waals surface area contributed by atoms with E-state index in [1.807, 2.05) is 11.3 Å². The molecule has 1 aliphatic rings. The third-order valence-corrected chi connectivity index (χ3v) is 8.03. The molecular weight excluding hydrogens is 428 g/mol. The molecule has 1 saturated carbocycles. The molecule has 2 rings (SSSR count). The van der Waals surface area contributed by atoms with Crippen LogP contribution in [0, 0.1) is 5.92 Å². The standard InChI is InChI=1S/C13H17Br3S/c14-10(12-8-11(15)13(16)17-12)7-9-5-3-1-2-4-6-9/h8-10H,1-7H2. The van der Waals surface area contributed by atoms with Gasteiger partial charge in [0.1, 0.15) is 0 Å². The van der Waals surface area contributed by atoms with E-state index < -0.39 is 0 Å². The number of hydrogen-bond acceptors (Lipinski definition) is 1. The van der Waals surface area contributed by atoms with Gasteiger partial charge in [0.15, 0.2) is 0 Å². The van der Waals surface area contributed by atoms with Crippen molar-refractivity contribution in [1.82, 2.24) is 0 Å². The molecule has 0 N–H and O–H groups in total. The highest BCUT2D eigenvalue weighted by Crippen LogP contribution is 2.42. The first-order chi connectivity index (χ1) is 8.16. The van der Waals surface area contributed by atoms with Crippen LogP contribution in [-0.2, 0) is 0 Å². The minimum absolute atomic E-state index is 0.526. The molecule has 0 aromatic carbocycles. The molecule has 4 heteroatoms. The smallest absolute Gasteiger partial charge is 0.0843 e. The van der Waals surface area contributed by atoms with Crippen LogP contribution >= 0.6 is 59.1 Å². The van der Waals surface area contributed by atoms with Gasteiger partial charge in [-0.05, 0) is 50.3 Å². The first kappa shape index (κ1) is 14.5. The zero-order valence-corrected chi connectivity index (χ0v) is 15.3. The largest absolute Gasteiger partial charge is 0.131 e. The molecule has 0 amide bonds. The van der Waals surface area contributed by atoms with Crippen LogP contribution in [0.1, 0.15) is 54.7 Å². The lowest BCUT2D eigenvalue weighted by atomic mass is 9.95. The van der Waals surface area contributed by atoms with Crippen LogP contribution in [0.25, 0.3) is 0 Å². The van der Waals surface area contributed by atoms with Gasteiger partial charge in [0.25, 0.3) is 0 Å². The SMILES string of the molecule is Brc1cc(C(Br)CC2CCCCCC2)sc1Br. The summed E-state index contributed by atoms with van der Waals surface area (Å²) in [7, 11) is 0. The van der Waals surface area contributed by atoms with Crippen LogP contribution in [0.5, 0.6) is 0 Å². The molecule has 17 heavy (non-hydrogen) atoms. The van der Waals surface area contributed by atoms with Gasteiger partial charge in [0, 0.05) is 14.2 Å². The summed E-state index contributed by atoms with van der Waals surface area (Å²) in [5.41, 5.74) is 0. The first-order valence-electron chi connectivity index (χ1n) is 6.25. The van der Waals surface area contributed by atoms with Crippen LogP contribution in [0.3, 0.4) is 0 Å². The lowest BCUT2D eigenvalue weighted by Crippen LogP contribution is -2.02. The fraction of sp³-hybridized carbons (Fsp3) is 0.692. The van der Waals surface area contributed by atoms with Crippen molar-refractivity contribution in [2.75, 3.05) is 0 Å². The first-order valence-corrected chi connectivity index (χ1v) is 9.57. The van der Waals surface area contributed by atoms with E-state index in [-0.39, 0.29) is 0 Å². The maximum Gasteiger partial charge on any atom is 0.0843 e. The van der Waals surface area contributed by atoms with Crippen LogP contribution in [-0.4, -0.2) is 0 Å². The molecule has 0 bridgehead atoms. The molecule has 0 aliphatic heterocycles. The second-order valence-electron chi connectivity index (χ2n) is 4.83. The van der Waals surface area contributed by atoms with Crippen molar-refractivity contribution in [3.63, 3.8) is 0 Å². The van der Waals surface area contributed by atoms with Gasteiger partial charge in [-0.1, -0.05) is 54.5 Å². The summed E-state index contributed by atoms with van der Waals surface area (Å²) in [5, 5.41) is 0. The predicted molar refractivity (Wildman–Crippen MR) is 87.2 cm³/mol. The molecule has 1 aromatic rings. The average molecular weight is 445 g/mol. The third-order valence-electron chi connectivity index (χ3n) is 3.49. The molecule has 1 atom stereocenters. The molecule has 96 valence electrons.